The molecule has 1 saturated carbocycles. The third-order valence-corrected chi connectivity index (χ3v) is 3.57. The van der Waals surface area contributed by atoms with Crippen LogP contribution in [0.15, 0.2) is 29.2 Å². The van der Waals surface area contributed by atoms with Crippen molar-refractivity contribution in [1.82, 2.24) is 0 Å². The first kappa shape index (κ1) is 13.3. The van der Waals surface area contributed by atoms with Crippen LogP contribution in [0.4, 0.5) is 13.2 Å². The molecule has 0 aliphatic heterocycles. The lowest BCUT2D eigenvalue weighted by molar-refractivity contribution is -0.139. The van der Waals surface area contributed by atoms with Crippen LogP contribution < -0.4 is 0 Å². The van der Waals surface area contributed by atoms with E-state index in [4.69, 9.17) is 5.11 Å². The van der Waals surface area contributed by atoms with Gasteiger partial charge in [0.25, 0.3) is 0 Å². The lowest BCUT2D eigenvalue weighted by atomic mass is 9.94. The van der Waals surface area contributed by atoms with Crippen molar-refractivity contribution in [1.29, 1.82) is 0 Å². The van der Waals surface area contributed by atoms with Crippen LogP contribution >= 0.6 is 11.8 Å². The Labute approximate surface area is 106 Å². The minimum Gasteiger partial charge on any atom is -0.481 e. The smallest absolute Gasteiger partial charge is 0.446 e. The Kier molecular flexibility index (Phi) is 3.56. The second-order valence-corrected chi connectivity index (χ2v) is 5.41. The number of carbonyl (C=O) groups is 1. The molecule has 0 amide bonds. The lowest BCUT2D eigenvalue weighted by Crippen LogP contribution is -2.13. The monoisotopic (exact) mass is 276 g/mol. The molecular weight excluding hydrogens is 265 g/mol. The van der Waals surface area contributed by atoms with E-state index in [0.29, 0.717) is 5.56 Å². The quantitative estimate of drug-likeness (QED) is 0.848. The summed E-state index contributed by atoms with van der Waals surface area (Å²) in [6.45, 7) is 0. The lowest BCUT2D eigenvalue weighted by Gasteiger charge is -2.12. The van der Waals surface area contributed by atoms with Crippen LogP contribution in [0.3, 0.4) is 0 Å². The van der Waals surface area contributed by atoms with Gasteiger partial charge in [-0.25, -0.2) is 0 Å². The number of carboxylic acids is 1. The Morgan fingerprint density at radius 2 is 1.83 bits per heavy atom. The van der Waals surface area contributed by atoms with Crippen molar-refractivity contribution in [2.24, 2.45) is 5.92 Å². The van der Waals surface area contributed by atoms with Crippen LogP contribution in [-0.4, -0.2) is 16.6 Å². The van der Waals surface area contributed by atoms with E-state index in [2.05, 4.69) is 0 Å². The number of benzene rings is 1. The van der Waals surface area contributed by atoms with E-state index in [1.54, 1.807) is 0 Å². The van der Waals surface area contributed by atoms with E-state index in [9.17, 15) is 18.0 Å². The van der Waals surface area contributed by atoms with Gasteiger partial charge < -0.3 is 5.11 Å². The fourth-order valence-corrected chi connectivity index (χ4v) is 2.46. The zero-order chi connectivity index (χ0) is 13.3. The molecule has 0 heterocycles. The van der Waals surface area contributed by atoms with Gasteiger partial charge in [-0.05, 0) is 48.2 Å². The average Bonchev–Trinajstić information content (AvgIpc) is 3.02. The summed E-state index contributed by atoms with van der Waals surface area (Å²) in [6, 6.07) is 5.61. The van der Waals surface area contributed by atoms with Gasteiger partial charge in [-0.1, -0.05) is 12.1 Å². The van der Waals surface area contributed by atoms with Crippen molar-refractivity contribution in [2.45, 2.75) is 29.2 Å². The molecule has 1 N–H and O–H groups in total. The highest BCUT2D eigenvalue weighted by molar-refractivity contribution is 8.00. The minimum atomic E-state index is -4.32. The van der Waals surface area contributed by atoms with Gasteiger partial charge in [0.05, 0.1) is 5.92 Å². The normalized spacial score (nSPS) is 17.5. The summed E-state index contributed by atoms with van der Waals surface area (Å²) in [4.78, 5) is 11.2. The van der Waals surface area contributed by atoms with Gasteiger partial charge in [-0.2, -0.15) is 13.2 Å². The zero-order valence-corrected chi connectivity index (χ0v) is 10.1. The summed E-state index contributed by atoms with van der Waals surface area (Å²) in [5.41, 5.74) is -3.74. The van der Waals surface area contributed by atoms with Crippen LogP contribution in [0, 0.1) is 5.92 Å². The molecule has 1 aliphatic rings. The fraction of sp³-hybridized carbons (Fsp3) is 0.417. The average molecular weight is 276 g/mol. The van der Waals surface area contributed by atoms with Crippen molar-refractivity contribution >= 4 is 17.7 Å². The third kappa shape index (κ3) is 3.41. The highest BCUT2D eigenvalue weighted by atomic mass is 32.2. The highest BCUT2D eigenvalue weighted by Gasteiger charge is 2.37. The number of rotatable bonds is 4. The molecule has 1 atom stereocenters. The maximum absolute atomic E-state index is 12.1. The summed E-state index contributed by atoms with van der Waals surface area (Å²) in [5, 5.41) is 9.11. The fourth-order valence-electron chi connectivity index (χ4n) is 1.92. The van der Waals surface area contributed by atoms with Gasteiger partial charge in [0.2, 0.25) is 0 Å². The van der Waals surface area contributed by atoms with Crippen LogP contribution in [0.2, 0.25) is 0 Å². The van der Waals surface area contributed by atoms with Crippen molar-refractivity contribution in [3.05, 3.63) is 29.8 Å². The second kappa shape index (κ2) is 4.84. The standard InChI is InChI=1S/C12H11F3O2S/c13-12(14,15)18-9-5-3-8(4-6-9)10(11(16)17)7-1-2-7/h3-7,10H,1-2H2,(H,16,17). The number of thioether (sulfide) groups is 1. The summed E-state index contributed by atoms with van der Waals surface area (Å²) in [6.07, 6.45) is 1.74. The summed E-state index contributed by atoms with van der Waals surface area (Å²) < 4.78 is 36.4. The molecule has 1 aromatic rings. The van der Waals surface area contributed by atoms with Gasteiger partial charge in [0.1, 0.15) is 0 Å². The van der Waals surface area contributed by atoms with E-state index in [1.165, 1.54) is 24.3 Å². The van der Waals surface area contributed by atoms with Crippen molar-refractivity contribution in [2.75, 3.05) is 0 Å². The highest BCUT2D eigenvalue weighted by Crippen LogP contribution is 2.43. The predicted molar refractivity (Wildman–Crippen MR) is 61.5 cm³/mol. The Morgan fingerprint density at radius 1 is 1.28 bits per heavy atom. The van der Waals surface area contributed by atoms with Crippen molar-refractivity contribution < 1.29 is 23.1 Å². The van der Waals surface area contributed by atoms with Gasteiger partial charge in [-0.3, -0.25) is 4.79 Å². The number of hydrogen-bond acceptors (Lipinski definition) is 2. The van der Waals surface area contributed by atoms with Gasteiger partial charge in [0.15, 0.2) is 0 Å². The van der Waals surface area contributed by atoms with Crippen molar-refractivity contribution in [3.63, 3.8) is 0 Å². The molecule has 1 aromatic carbocycles. The molecule has 98 valence electrons. The first-order chi connectivity index (χ1) is 8.37. The molecule has 0 saturated heterocycles. The Balaban J connectivity index is 2.13. The van der Waals surface area contributed by atoms with Crippen LogP contribution in [0.5, 0.6) is 0 Å². The van der Waals surface area contributed by atoms with E-state index in [0.717, 1.165) is 12.8 Å². The van der Waals surface area contributed by atoms with E-state index in [-0.39, 0.29) is 22.6 Å². The maximum Gasteiger partial charge on any atom is 0.446 e. The largest absolute Gasteiger partial charge is 0.481 e. The number of aliphatic carboxylic acids is 1. The van der Waals surface area contributed by atoms with E-state index in [1.807, 2.05) is 0 Å². The molecule has 0 aromatic heterocycles. The van der Waals surface area contributed by atoms with Crippen LogP contribution in [0.25, 0.3) is 0 Å². The Bertz CT molecular complexity index is 438. The maximum atomic E-state index is 12.1. The molecule has 1 fully saturated rings. The molecule has 18 heavy (non-hydrogen) atoms. The van der Waals surface area contributed by atoms with E-state index >= 15 is 0 Å². The third-order valence-electron chi connectivity index (χ3n) is 2.83. The van der Waals surface area contributed by atoms with Crippen LogP contribution in [-0.2, 0) is 4.79 Å². The second-order valence-electron chi connectivity index (χ2n) is 4.27. The number of alkyl halides is 3. The molecule has 0 radical (unpaired) electrons. The predicted octanol–water partition coefficient (Wildman–Crippen LogP) is 3.88. The molecule has 2 nitrogen and oxygen atoms in total. The van der Waals surface area contributed by atoms with Gasteiger partial charge in [-0.15, -0.1) is 0 Å². The molecule has 1 unspecified atom stereocenters. The van der Waals surface area contributed by atoms with Crippen LogP contribution in [0.1, 0.15) is 24.3 Å². The Hall–Kier alpha value is -1.17. The van der Waals surface area contributed by atoms with Gasteiger partial charge in [0, 0.05) is 4.90 Å². The molecule has 2 rings (SSSR count). The zero-order valence-electron chi connectivity index (χ0n) is 9.28. The summed E-state index contributed by atoms with van der Waals surface area (Å²) >= 11 is -0.194. The summed E-state index contributed by atoms with van der Waals surface area (Å²) in [7, 11) is 0. The number of carboxylic acid groups (broad SMARTS) is 1. The molecule has 0 spiro atoms. The van der Waals surface area contributed by atoms with Crippen molar-refractivity contribution in [3.8, 4) is 0 Å². The molecule has 6 heteroatoms. The van der Waals surface area contributed by atoms with E-state index < -0.39 is 17.4 Å². The first-order valence-electron chi connectivity index (χ1n) is 5.45. The minimum absolute atomic E-state index is 0.0752. The van der Waals surface area contributed by atoms with Gasteiger partial charge >= 0.3 is 11.5 Å². The molecule has 1 aliphatic carbocycles. The number of halogens is 3. The molecular formula is C12H11F3O2S. The summed E-state index contributed by atoms with van der Waals surface area (Å²) in [5.74, 6) is -1.37. The number of hydrogen-bond donors (Lipinski definition) is 1. The topological polar surface area (TPSA) is 37.3 Å². The first-order valence-corrected chi connectivity index (χ1v) is 6.27. The molecule has 0 bridgehead atoms. The SMILES string of the molecule is O=C(O)C(c1ccc(SC(F)(F)F)cc1)C1CC1. The Morgan fingerprint density at radius 3 is 2.22 bits per heavy atom.